The van der Waals surface area contributed by atoms with E-state index in [4.69, 9.17) is 4.74 Å². The number of rotatable bonds is 5. The highest BCUT2D eigenvalue weighted by Gasteiger charge is 2.28. The van der Waals surface area contributed by atoms with Gasteiger partial charge in [0.15, 0.2) is 0 Å². The minimum absolute atomic E-state index is 0.0420. The fourth-order valence-corrected chi connectivity index (χ4v) is 2.48. The number of carbonyl (C=O) groups excluding carboxylic acids is 1. The van der Waals surface area contributed by atoms with Gasteiger partial charge in [0.05, 0.1) is 31.4 Å². The lowest BCUT2D eigenvalue weighted by atomic mass is 10.1. The molecule has 5 heteroatoms. The van der Waals surface area contributed by atoms with Crippen LogP contribution in [0.2, 0.25) is 0 Å². The van der Waals surface area contributed by atoms with Gasteiger partial charge in [-0.25, -0.2) is 0 Å². The van der Waals surface area contributed by atoms with Crippen molar-refractivity contribution in [2.45, 2.75) is 26.3 Å². The fourth-order valence-electron chi connectivity index (χ4n) is 2.48. The molecule has 1 aliphatic rings. The summed E-state index contributed by atoms with van der Waals surface area (Å²) in [4.78, 5) is 14.5. The van der Waals surface area contributed by atoms with Crippen molar-refractivity contribution in [1.82, 2.24) is 4.90 Å². The van der Waals surface area contributed by atoms with Crippen LogP contribution < -0.4 is 5.32 Å². The Bertz CT molecular complexity index is 490. The zero-order chi connectivity index (χ0) is 15.2. The number of amides is 1. The summed E-state index contributed by atoms with van der Waals surface area (Å²) in [5.41, 5.74) is 2.58. The molecule has 1 unspecified atom stereocenters. The quantitative estimate of drug-likeness (QED) is 0.866. The van der Waals surface area contributed by atoms with Gasteiger partial charge in [-0.3, -0.25) is 4.79 Å². The average molecular weight is 292 g/mol. The van der Waals surface area contributed by atoms with Crippen molar-refractivity contribution < 1.29 is 14.6 Å². The first-order valence-electron chi connectivity index (χ1n) is 7.51. The highest BCUT2D eigenvalue weighted by Crippen LogP contribution is 2.21. The van der Waals surface area contributed by atoms with Gasteiger partial charge in [-0.15, -0.1) is 0 Å². The van der Waals surface area contributed by atoms with Gasteiger partial charge in [-0.05, 0) is 25.5 Å². The van der Waals surface area contributed by atoms with E-state index in [1.54, 1.807) is 4.90 Å². The first-order chi connectivity index (χ1) is 10.2. The lowest BCUT2D eigenvalue weighted by molar-refractivity contribution is -0.0183. The van der Waals surface area contributed by atoms with Crippen LogP contribution in [0.5, 0.6) is 0 Å². The summed E-state index contributed by atoms with van der Waals surface area (Å²) in [5.74, 6) is -0.0420. The maximum atomic E-state index is 12.8. The van der Waals surface area contributed by atoms with E-state index in [0.29, 0.717) is 25.3 Å². The van der Waals surface area contributed by atoms with Crippen molar-refractivity contribution in [3.8, 4) is 0 Å². The Balaban J connectivity index is 2.26. The van der Waals surface area contributed by atoms with E-state index < -0.39 is 0 Å². The van der Waals surface area contributed by atoms with Gasteiger partial charge < -0.3 is 20.1 Å². The summed E-state index contributed by atoms with van der Waals surface area (Å²) in [7, 11) is 0. The first kappa shape index (κ1) is 15.8. The van der Waals surface area contributed by atoms with Gasteiger partial charge in [-0.1, -0.05) is 18.6 Å². The molecule has 2 rings (SSSR count). The zero-order valence-electron chi connectivity index (χ0n) is 12.8. The third kappa shape index (κ3) is 3.74. The second-order valence-corrected chi connectivity index (χ2v) is 5.39. The molecule has 1 amide bonds. The number of aliphatic hydroxyl groups excluding tert-OH is 1. The molecule has 0 aromatic heterocycles. The van der Waals surface area contributed by atoms with Crippen LogP contribution in [0.15, 0.2) is 18.2 Å². The molecule has 116 valence electrons. The Hall–Kier alpha value is -1.59. The van der Waals surface area contributed by atoms with Crippen LogP contribution in [0, 0.1) is 6.92 Å². The Kier molecular flexibility index (Phi) is 5.59. The smallest absolute Gasteiger partial charge is 0.256 e. The van der Waals surface area contributed by atoms with E-state index >= 15 is 0 Å². The molecule has 0 saturated carbocycles. The van der Waals surface area contributed by atoms with Gasteiger partial charge in [0.25, 0.3) is 5.91 Å². The molecule has 1 aromatic rings. The molecule has 1 saturated heterocycles. The number of aliphatic hydroxyl groups is 1. The van der Waals surface area contributed by atoms with Crippen LogP contribution in [-0.4, -0.2) is 54.9 Å². The maximum absolute atomic E-state index is 12.8. The van der Waals surface area contributed by atoms with E-state index in [1.165, 1.54) is 0 Å². The Labute approximate surface area is 125 Å². The molecule has 0 aliphatic carbocycles. The van der Waals surface area contributed by atoms with Crippen molar-refractivity contribution in [2.75, 3.05) is 38.2 Å². The Morgan fingerprint density at radius 1 is 1.52 bits per heavy atom. The third-order valence-electron chi connectivity index (χ3n) is 3.67. The minimum atomic E-state index is -0.259. The number of morpholine rings is 1. The van der Waals surface area contributed by atoms with E-state index in [9.17, 15) is 9.90 Å². The third-order valence-corrected chi connectivity index (χ3v) is 3.67. The summed E-state index contributed by atoms with van der Waals surface area (Å²) in [6.45, 7) is 6.25. The molecule has 1 heterocycles. The highest BCUT2D eigenvalue weighted by atomic mass is 16.5. The zero-order valence-corrected chi connectivity index (χ0v) is 12.8. The molecule has 0 bridgehead atoms. The molecular formula is C16H24N2O3. The number of hydrogen-bond donors (Lipinski definition) is 2. The summed E-state index contributed by atoms with van der Waals surface area (Å²) >= 11 is 0. The minimum Gasteiger partial charge on any atom is -0.394 e. The van der Waals surface area contributed by atoms with Crippen LogP contribution >= 0.6 is 0 Å². The molecule has 1 aromatic carbocycles. The predicted octanol–water partition coefficient (Wildman–Crippen LogP) is 1.65. The number of ether oxygens (including phenoxy) is 1. The van der Waals surface area contributed by atoms with Crippen molar-refractivity contribution >= 4 is 11.6 Å². The van der Waals surface area contributed by atoms with Gasteiger partial charge >= 0.3 is 0 Å². The van der Waals surface area contributed by atoms with Crippen molar-refractivity contribution in [1.29, 1.82) is 0 Å². The van der Waals surface area contributed by atoms with E-state index in [-0.39, 0.29) is 18.6 Å². The number of aryl methyl sites for hydroxylation is 1. The van der Waals surface area contributed by atoms with Crippen LogP contribution in [0.4, 0.5) is 5.69 Å². The van der Waals surface area contributed by atoms with Crippen LogP contribution in [0.25, 0.3) is 0 Å². The molecule has 1 atom stereocenters. The molecule has 5 nitrogen and oxygen atoms in total. The normalized spacial score (nSPS) is 18.6. The van der Waals surface area contributed by atoms with Crippen LogP contribution in [0.1, 0.15) is 29.3 Å². The summed E-state index contributed by atoms with van der Waals surface area (Å²) in [6.07, 6.45) is 0.998. The van der Waals surface area contributed by atoms with Crippen molar-refractivity contribution in [2.24, 2.45) is 0 Å². The van der Waals surface area contributed by atoms with Crippen molar-refractivity contribution in [3.05, 3.63) is 29.3 Å². The summed E-state index contributed by atoms with van der Waals surface area (Å²) in [5, 5.41) is 12.7. The van der Waals surface area contributed by atoms with Gasteiger partial charge in [0, 0.05) is 18.8 Å². The van der Waals surface area contributed by atoms with Gasteiger partial charge in [-0.2, -0.15) is 0 Å². The van der Waals surface area contributed by atoms with Gasteiger partial charge in [0.1, 0.15) is 0 Å². The van der Waals surface area contributed by atoms with E-state index in [2.05, 4.69) is 12.2 Å². The van der Waals surface area contributed by atoms with Gasteiger partial charge in [0.2, 0.25) is 0 Å². The van der Waals surface area contributed by atoms with Crippen molar-refractivity contribution in [3.63, 3.8) is 0 Å². The lowest BCUT2D eigenvalue weighted by Crippen LogP contribution is -2.50. The molecular weight excluding hydrogens is 268 g/mol. The molecule has 1 fully saturated rings. The molecule has 0 radical (unpaired) electrons. The topological polar surface area (TPSA) is 61.8 Å². The van der Waals surface area contributed by atoms with E-state index in [1.807, 2.05) is 25.1 Å². The molecule has 0 spiro atoms. The lowest BCUT2D eigenvalue weighted by Gasteiger charge is -2.35. The van der Waals surface area contributed by atoms with E-state index in [0.717, 1.165) is 24.2 Å². The number of benzene rings is 1. The fraction of sp³-hybridized carbons (Fsp3) is 0.562. The molecule has 1 aliphatic heterocycles. The molecule has 2 N–H and O–H groups in total. The predicted molar refractivity (Wildman–Crippen MR) is 82.7 cm³/mol. The number of carbonyl (C=O) groups is 1. The standard InChI is InChI=1S/C16H24N2O3/c1-3-6-17-15-5-4-12(2)9-14(15)16(20)18-7-8-21-11-13(18)10-19/h4-5,9,13,17,19H,3,6-8,10-11H2,1-2H3. The summed E-state index contributed by atoms with van der Waals surface area (Å²) < 4.78 is 5.34. The van der Waals surface area contributed by atoms with Crippen LogP contribution in [0.3, 0.4) is 0 Å². The monoisotopic (exact) mass is 292 g/mol. The number of hydrogen-bond acceptors (Lipinski definition) is 4. The average Bonchev–Trinajstić information content (AvgIpc) is 2.53. The number of anilines is 1. The second kappa shape index (κ2) is 7.43. The number of nitrogens with zero attached hydrogens (tertiary/aromatic N) is 1. The highest BCUT2D eigenvalue weighted by molar-refractivity contribution is 6.00. The van der Waals surface area contributed by atoms with Crippen LogP contribution in [-0.2, 0) is 4.74 Å². The number of nitrogens with one attached hydrogen (secondary N) is 1. The maximum Gasteiger partial charge on any atom is 0.256 e. The molecule has 21 heavy (non-hydrogen) atoms. The first-order valence-corrected chi connectivity index (χ1v) is 7.51. The Morgan fingerprint density at radius 2 is 2.33 bits per heavy atom. The largest absolute Gasteiger partial charge is 0.394 e. The second-order valence-electron chi connectivity index (χ2n) is 5.39. The SMILES string of the molecule is CCCNc1ccc(C)cc1C(=O)N1CCOCC1CO. The summed E-state index contributed by atoms with van der Waals surface area (Å²) in [6, 6.07) is 5.60. The Morgan fingerprint density at radius 3 is 3.05 bits per heavy atom.